The second kappa shape index (κ2) is 5.18. The fourth-order valence-electron chi connectivity index (χ4n) is 2.31. The maximum atomic E-state index is 13.0. The highest BCUT2D eigenvalue weighted by Gasteiger charge is 2.43. The molecule has 1 aliphatic heterocycles. The standard InChI is InChI=1S/C14H8F3N3O4/c1-19-10(14(15,16)17)9(6-18-19)13(23)24-20-11(21)7-4-2-3-5-8(7)12(20)22/h2-6H,1H3. The maximum Gasteiger partial charge on any atom is 0.433 e. The van der Waals surface area contributed by atoms with Gasteiger partial charge >= 0.3 is 12.1 Å². The molecule has 2 amide bonds. The van der Waals surface area contributed by atoms with Crippen LogP contribution in [-0.4, -0.2) is 32.6 Å². The largest absolute Gasteiger partial charge is 0.433 e. The third-order valence-electron chi connectivity index (χ3n) is 3.36. The van der Waals surface area contributed by atoms with Gasteiger partial charge in [-0.2, -0.15) is 18.3 Å². The molecule has 0 spiro atoms. The molecule has 0 unspecified atom stereocenters. The van der Waals surface area contributed by atoms with Crippen molar-refractivity contribution in [2.75, 3.05) is 0 Å². The van der Waals surface area contributed by atoms with Crippen molar-refractivity contribution in [3.63, 3.8) is 0 Å². The number of alkyl halides is 3. The van der Waals surface area contributed by atoms with E-state index in [4.69, 9.17) is 0 Å². The molecule has 1 aliphatic rings. The molecule has 24 heavy (non-hydrogen) atoms. The number of carbonyl (C=O) groups excluding carboxylic acids is 3. The Morgan fingerprint density at radius 2 is 1.67 bits per heavy atom. The van der Waals surface area contributed by atoms with E-state index in [1.54, 1.807) is 0 Å². The monoisotopic (exact) mass is 339 g/mol. The normalized spacial score (nSPS) is 14.1. The summed E-state index contributed by atoms with van der Waals surface area (Å²) >= 11 is 0. The Balaban J connectivity index is 1.90. The molecule has 0 fully saturated rings. The Morgan fingerprint density at radius 3 is 2.17 bits per heavy atom. The molecule has 0 atom stereocenters. The summed E-state index contributed by atoms with van der Waals surface area (Å²) in [6, 6.07) is 5.68. The Labute approximate surface area is 132 Å². The Bertz CT molecular complexity index is 837. The van der Waals surface area contributed by atoms with Gasteiger partial charge in [0.25, 0.3) is 11.8 Å². The number of rotatable bonds is 2. The molecule has 7 nitrogen and oxygen atoms in total. The molecule has 0 saturated carbocycles. The molecule has 10 heteroatoms. The van der Waals surface area contributed by atoms with E-state index < -0.39 is 35.2 Å². The summed E-state index contributed by atoms with van der Waals surface area (Å²) in [6.07, 6.45) is -4.20. The van der Waals surface area contributed by atoms with Gasteiger partial charge in [0.1, 0.15) is 5.56 Å². The van der Waals surface area contributed by atoms with E-state index in [1.807, 2.05) is 0 Å². The molecule has 2 aromatic rings. The van der Waals surface area contributed by atoms with E-state index in [0.29, 0.717) is 10.9 Å². The van der Waals surface area contributed by atoms with Gasteiger partial charge in [-0.25, -0.2) is 4.79 Å². The van der Waals surface area contributed by atoms with Crippen LogP contribution >= 0.6 is 0 Å². The van der Waals surface area contributed by atoms with E-state index in [1.165, 1.54) is 24.3 Å². The van der Waals surface area contributed by atoms with Crippen molar-refractivity contribution in [1.29, 1.82) is 0 Å². The summed E-state index contributed by atoms with van der Waals surface area (Å²) in [5.74, 6) is -3.37. The SMILES string of the molecule is Cn1ncc(C(=O)ON2C(=O)c3ccccc3C2=O)c1C(F)(F)F. The van der Waals surface area contributed by atoms with E-state index in [-0.39, 0.29) is 16.2 Å². The molecule has 3 rings (SSSR count). The smallest absolute Gasteiger partial charge is 0.324 e. The van der Waals surface area contributed by atoms with Crippen molar-refractivity contribution < 1.29 is 32.4 Å². The number of amides is 2. The number of aromatic nitrogens is 2. The van der Waals surface area contributed by atoms with Crippen LogP contribution < -0.4 is 0 Å². The lowest BCUT2D eigenvalue weighted by Crippen LogP contribution is -2.33. The van der Waals surface area contributed by atoms with E-state index in [0.717, 1.165) is 7.05 Å². The molecule has 0 radical (unpaired) electrons. The zero-order chi connectivity index (χ0) is 17.6. The highest BCUT2D eigenvalue weighted by molar-refractivity contribution is 6.21. The van der Waals surface area contributed by atoms with Crippen LogP contribution in [0.3, 0.4) is 0 Å². The highest BCUT2D eigenvalue weighted by Crippen LogP contribution is 2.32. The van der Waals surface area contributed by atoms with Crippen molar-refractivity contribution in [1.82, 2.24) is 14.8 Å². The lowest BCUT2D eigenvalue weighted by Gasteiger charge is -2.13. The van der Waals surface area contributed by atoms with Gasteiger partial charge in [-0.15, -0.1) is 0 Å². The minimum atomic E-state index is -4.86. The van der Waals surface area contributed by atoms with Gasteiger partial charge in [-0.3, -0.25) is 14.3 Å². The number of aryl methyl sites for hydroxylation is 1. The molecule has 1 aromatic carbocycles. The Kier molecular flexibility index (Phi) is 3.39. The predicted molar refractivity (Wildman–Crippen MR) is 70.6 cm³/mol. The molecule has 2 heterocycles. The zero-order valence-electron chi connectivity index (χ0n) is 12.0. The number of imide groups is 1. The average Bonchev–Trinajstić information content (AvgIpc) is 3.02. The number of hydroxylamine groups is 2. The summed E-state index contributed by atoms with van der Waals surface area (Å²) in [5.41, 5.74) is -2.25. The number of hydrogen-bond donors (Lipinski definition) is 0. The summed E-state index contributed by atoms with van der Waals surface area (Å²) < 4.78 is 39.4. The first kappa shape index (κ1) is 15.7. The third kappa shape index (κ3) is 2.32. The fourth-order valence-corrected chi connectivity index (χ4v) is 2.31. The van der Waals surface area contributed by atoms with Crippen molar-refractivity contribution >= 4 is 17.8 Å². The van der Waals surface area contributed by atoms with Crippen molar-refractivity contribution in [3.05, 3.63) is 52.8 Å². The molecule has 0 saturated heterocycles. The van der Waals surface area contributed by atoms with E-state index in [2.05, 4.69) is 9.94 Å². The van der Waals surface area contributed by atoms with Crippen LogP contribution in [0.25, 0.3) is 0 Å². The molecule has 124 valence electrons. The molecule has 0 aliphatic carbocycles. The van der Waals surface area contributed by atoms with Gasteiger partial charge in [0.05, 0.1) is 17.3 Å². The molecule has 0 bridgehead atoms. The van der Waals surface area contributed by atoms with Gasteiger partial charge in [0.2, 0.25) is 0 Å². The van der Waals surface area contributed by atoms with Crippen molar-refractivity contribution in [2.45, 2.75) is 6.18 Å². The number of carbonyl (C=O) groups is 3. The first-order valence-corrected chi connectivity index (χ1v) is 6.51. The highest BCUT2D eigenvalue weighted by atomic mass is 19.4. The van der Waals surface area contributed by atoms with E-state index in [9.17, 15) is 27.6 Å². The number of fused-ring (bicyclic) bond motifs is 1. The van der Waals surface area contributed by atoms with Crippen molar-refractivity contribution in [3.8, 4) is 0 Å². The van der Waals surface area contributed by atoms with Crippen molar-refractivity contribution in [2.24, 2.45) is 7.05 Å². The number of hydrogen-bond acceptors (Lipinski definition) is 5. The van der Waals surface area contributed by atoms with Gasteiger partial charge in [0.15, 0.2) is 5.69 Å². The maximum absolute atomic E-state index is 13.0. The van der Waals surface area contributed by atoms with Gasteiger partial charge in [-0.1, -0.05) is 17.2 Å². The number of halogens is 3. The average molecular weight is 339 g/mol. The summed E-state index contributed by atoms with van der Waals surface area (Å²) in [4.78, 5) is 40.7. The van der Waals surface area contributed by atoms with Crippen LogP contribution in [0.5, 0.6) is 0 Å². The van der Waals surface area contributed by atoms with Crippen LogP contribution in [-0.2, 0) is 18.1 Å². The first-order chi connectivity index (χ1) is 11.2. The molecular formula is C14H8F3N3O4. The van der Waals surface area contributed by atoms with Crippen LogP contribution in [0.15, 0.2) is 30.5 Å². The Hall–Kier alpha value is -3.17. The lowest BCUT2D eigenvalue weighted by molar-refractivity contribution is -0.144. The first-order valence-electron chi connectivity index (χ1n) is 6.51. The van der Waals surface area contributed by atoms with E-state index >= 15 is 0 Å². The second-order valence-electron chi connectivity index (χ2n) is 4.86. The number of benzene rings is 1. The van der Waals surface area contributed by atoms with Crippen LogP contribution in [0.1, 0.15) is 36.8 Å². The zero-order valence-corrected chi connectivity index (χ0v) is 12.0. The summed E-state index contributed by atoms with van der Waals surface area (Å²) in [5, 5.41) is 3.50. The van der Waals surface area contributed by atoms with Crippen LogP contribution in [0.2, 0.25) is 0 Å². The molecule has 0 N–H and O–H groups in total. The Morgan fingerprint density at radius 1 is 1.12 bits per heavy atom. The third-order valence-corrected chi connectivity index (χ3v) is 3.36. The summed E-state index contributed by atoms with van der Waals surface area (Å²) in [6.45, 7) is 0. The second-order valence-corrected chi connectivity index (χ2v) is 4.86. The molecular weight excluding hydrogens is 331 g/mol. The van der Waals surface area contributed by atoms with Gasteiger partial charge < -0.3 is 4.84 Å². The topological polar surface area (TPSA) is 81.5 Å². The van der Waals surface area contributed by atoms with Gasteiger partial charge in [-0.05, 0) is 12.1 Å². The quantitative estimate of drug-likeness (QED) is 0.780. The van der Waals surface area contributed by atoms with Crippen LogP contribution in [0.4, 0.5) is 13.2 Å². The summed E-state index contributed by atoms with van der Waals surface area (Å²) in [7, 11) is 1.00. The minimum Gasteiger partial charge on any atom is -0.324 e. The van der Waals surface area contributed by atoms with Crippen LogP contribution in [0, 0.1) is 0 Å². The number of nitrogens with zero attached hydrogens (tertiary/aromatic N) is 3. The predicted octanol–water partition coefficient (Wildman–Crippen LogP) is 1.81. The molecule has 1 aromatic heterocycles. The minimum absolute atomic E-state index is 0.00229. The lowest BCUT2D eigenvalue weighted by atomic mass is 10.1. The fraction of sp³-hybridized carbons (Fsp3) is 0.143. The van der Waals surface area contributed by atoms with Gasteiger partial charge in [0, 0.05) is 7.05 Å².